The van der Waals surface area contributed by atoms with E-state index >= 15 is 0 Å². The van der Waals surface area contributed by atoms with Crippen LogP contribution in [0.15, 0.2) is 46.0 Å². The zero-order chi connectivity index (χ0) is 25.6. The molecule has 0 saturated heterocycles. The van der Waals surface area contributed by atoms with E-state index in [9.17, 15) is 9.59 Å². The number of nitrogens with zero attached hydrogens (tertiary/aromatic N) is 1. The van der Waals surface area contributed by atoms with Crippen molar-refractivity contribution in [3.05, 3.63) is 68.2 Å². The van der Waals surface area contributed by atoms with Gasteiger partial charge in [-0.25, -0.2) is 0 Å². The third kappa shape index (κ3) is 2.78. The summed E-state index contributed by atoms with van der Waals surface area (Å²) in [5.74, 6) is 0. The van der Waals surface area contributed by atoms with Crippen LogP contribution in [0.2, 0.25) is 0 Å². The highest BCUT2D eigenvalue weighted by molar-refractivity contribution is 6.48. The fourth-order valence-corrected chi connectivity index (χ4v) is 7.08. The van der Waals surface area contributed by atoms with Crippen molar-refractivity contribution in [2.75, 3.05) is 0 Å². The van der Waals surface area contributed by atoms with Crippen molar-refractivity contribution in [3.8, 4) is 0 Å². The van der Waals surface area contributed by atoms with Crippen LogP contribution in [0, 0.1) is 0 Å². The van der Waals surface area contributed by atoms with E-state index in [2.05, 4.69) is 50.2 Å². The molecule has 6 aromatic carbocycles. The Morgan fingerprint density at radius 1 is 0.622 bits per heavy atom. The van der Waals surface area contributed by atoms with E-state index < -0.39 is 0 Å². The highest BCUT2D eigenvalue weighted by atomic mass is 16.2. The van der Waals surface area contributed by atoms with Crippen molar-refractivity contribution in [3.63, 3.8) is 0 Å². The quantitative estimate of drug-likeness (QED) is 0.201. The molecule has 1 atom stereocenters. The molecule has 0 aliphatic rings. The molecule has 7 rings (SSSR count). The minimum absolute atomic E-state index is 0.115. The number of aryl methyl sites for hydroxylation is 2. The summed E-state index contributed by atoms with van der Waals surface area (Å²) in [6.45, 7) is 8.48. The van der Waals surface area contributed by atoms with E-state index in [1.165, 1.54) is 58.8 Å². The van der Waals surface area contributed by atoms with Crippen LogP contribution in [-0.2, 0) is 12.8 Å². The lowest BCUT2D eigenvalue weighted by molar-refractivity contribution is 0.510. The van der Waals surface area contributed by atoms with Crippen molar-refractivity contribution in [1.82, 2.24) is 4.57 Å². The maximum absolute atomic E-state index is 14.0. The second-order valence-corrected chi connectivity index (χ2v) is 11.2. The molecule has 0 radical (unpaired) electrons. The summed E-state index contributed by atoms with van der Waals surface area (Å²) in [5.41, 5.74) is 2.36. The van der Waals surface area contributed by atoms with Gasteiger partial charge in [-0.05, 0) is 116 Å². The molecule has 37 heavy (non-hydrogen) atoms. The van der Waals surface area contributed by atoms with Crippen LogP contribution in [0.25, 0.3) is 64.6 Å². The molecule has 0 saturated carbocycles. The third-order valence-corrected chi connectivity index (χ3v) is 9.09. The number of rotatable bonds is 8. The van der Waals surface area contributed by atoms with E-state index in [1.54, 1.807) is 0 Å². The summed E-state index contributed by atoms with van der Waals surface area (Å²) in [5, 5.41) is 13.4. The zero-order valence-electron chi connectivity index (χ0n) is 22.3. The summed E-state index contributed by atoms with van der Waals surface area (Å²) in [7, 11) is 0. The van der Waals surface area contributed by atoms with Crippen molar-refractivity contribution >= 4 is 64.6 Å². The van der Waals surface area contributed by atoms with Gasteiger partial charge in [0.1, 0.15) is 0 Å². The van der Waals surface area contributed by atoms with Crippen LogP contribution >= 0.6 is 0 Å². The lowest BCUT2D eigenvalue weighted by Gasteiger charge is -2.12. The van der Waals surface area contributed by atoms with Crippen LogP contribution in [0.1, 0.15) is 77.0 Å². The Morgan fingerprint density at radius 3 is 1.51 bits per heavy atom. The van der Waals surface area contributed by atoms with Crippen LogP contribution < -0.4 is 11.1 Å². The predicted molar refractivity (Wildman–Crippen MR) is 159 cm³/mol. The molecule has 1 aromatic heterocycles. The fourth-order valence-electron chi connectivity index (χ4n) is 7.08. The molecule has 186 valence electrons. The van der Waals surface area contributed by atoms with Gasteiger partial charge in [-0.15, -0.1) is 0 Å². The number of aromatic nitrogens is 1. The Hall–Kier alpha value is -3.46. The summed E-state index contributed by atoms with van der Waals surface area (Å²) in [6, 6.07) is 13.5. The second kappa shape index (κ2) is 8.02. The largest absolute Gasteiger partial charge is 0.271 e. The summed E-state index contributed by atoms with van der Waals surface area (Å²) in [6.07, 6.45) is 7.16. The number of hydrogen-bond acceptors (Lipinski definition) is 2. The molecule has 3 nitrogen and oxygen atoms in total. The van der Waals surface area contributed by atoms with E-state index in [0.717, 1.165) is 55.7 Å². The van der Waals surface area contributed by atoms with E-state index in [4.69, 9.17) is 0 Å². The maximum atomic E-state index is 14.0. The van der Waals surface area contributed by atoms with Crippen LogP contribution in [0.4, 0.5) is 0 Å². The smallest absolute Gasteiger partial charge is 0.262 e. The second-order valence-electron chi connectivity index (χ2n) is 11.2. The third-order valence-electron chi connectivity index (χ3n) is 9.09. The van der Waals surface area contributed by atoms with Gasteiger partial charge in [0, 0.05) is 6.04 Å². The summed E-state index contributed by atoms with van der Waals surface area (Å²) < 4.78 is 1.53. The highest BCUT2D eigenvalue weighted by Crippen LogP contribution is 2.51. The number of fused-ring (bicyclic) bond motifs is 3. The van der Waals surface area contributed by atoms with Crippen LogP contribution in [-0.4, -0.2) is 4.57 Å². The minimum Gasteiger partial charge on any atom is -0.271 e. The van der Waals surface area contributed by atoms with Gasteiger partial charge >= 0.3 is 0 Å². The van der Waals surface area contributed by atoms with Gasteiger partial charge in [0.2, 0.25) is 0 Å². The van der Waals surface area contributed by atoms with Crippen molar-refractivity contribution in [1.29, 1.82) is 0 Å². The molecule has 0 amide bonds. The molecule has 0 spiro atoms. The first-order valence-corrected chi connectivity index (χ1v) is 14.2. The number of benzene rings is 5. The predicted octanol–water partition coefficient (Wildman–Crippen LogP) is 8.54. The lowest BCUT2D eigenvalue weighted by Crippen LogP contribution is -2.28. The summed E-state index contributed by atoms with van der Waals surface area (Å²) in [4.78, 5) is 28.1. The Kier molecular flexibility index (Phi) is 4.92. The molecular formula is C34H33NO2. The summed E-state index contributed by atoms with van der Waals surface area (Å²) >= 11 is 0. The van der Waals surface area contributed by atoms with E-state index in [-0.39, 0.29) is 17.2 Å². The standard InChI is InChI=1S/C34H33NO2/c1-5-8-10-20-16-24-29-27-22(20)14-12-19-13-15-23-21(11-9-6-2)17-25(30(29)28(23)26(19)27)32-31(24)33(36)35(34(32)37)18(4)7-3/h12-18H,5-11H2,1-4H3. The monoisotopic (exact) mass is 487 g/mol. The maximum Gasteiger partial charge on any atom is 0.262 e. The van der Waals surface area contributed by atoms with Gasteiger partial charge in [-0.2, -0.15) is 0 Å². The van der Waals surface area contributed by atoms with Crippen molar-refractivity contribution in [2.24, 2.45) is 0 Å². The number of hydrogen-bond donors (Lipinski definition) is 0. The van der Waals surface area contributed by atoms with Gasteiger partial charge in [-0.1, -0.05) is 57.9 Å². The number of unbranched alkanes of at least 4 members (excludes halogenated alkanes) is 2. The van der Waals surface area contributed by atoms with E-state index in [0.29, 0.717) is 10.8 Å². The highest BCUT2D eigenvalue weighted by Gasteiger charge is 2.29. The average Bonchev–Trinajstić information content (AvgIpc) is 3.41. The Bertz CT molecular complexity index is 1910. The first kappa shape index (κ1) is 22.7. The van der Waals surface area contributed by atoms with Crippen LogP contribution in [0.5, 0.6) is 0 Å². The SMILES string of the molecule is CCCCc1cc2c3c(=O)n(C(C)CC)c(=O)c3c3cc(CCCC)c4ccc5ccc1c1c5c4c3c21. The lowest BCUT2D eigenvalue weighted by atomic mass is 9.90. The molecular weight excluding hydrogens is 454 g/mol. The van der Waals surface area contributed by atoms with Gasteiger partial charge in [0.15, 0.2) is 0 Å². The molecule has 1 heterocycles. The molecule has 1 unspecified atom stereocenters. The van der Waals surface area contributed by atoms with Gasteiger partial charge in [-0.3, -0.25) is 14.2 Å². The van der Waals surface area contributed by atoms with Crippen molar-refractivity contribution in [2.45, 2.75) is 78.7 Å². The normalized spacial score (nSPS) is 13.7. The minimum atomic E-state index is -0.122. The molecule has 7 aromatic rings. The Morgan fingerprint density at radius 2 is 1.08 bits per heavy atom. The molecule has 0 aliphatic carbocycles. The Balaban J connectivity index is 1.82. The molecule has 0 bridgehead atoms. The van der Waals surface area contributed by atoms with Crippen molar-refractivity contribution < 1.29 is 0 Å². The van der Waals surface area contributed by atoms with Gasteiger partial charge in [0.05, 0.1) is 10.8 Å². The van der Waals surface area contributed by atoms with Gasteiger partial charge < -0.3 is 0 Å². The first-order chi connectivity index (χ1) is 18.0. The topological polar surface area (TPSA) is 39.1 Å². The van der Waals surface area contributed by atoms with E-state index in [1.807, 2.05) is 13.8 Å². The molecule has 0 fully saturated rings. The molecule has 0 aliphatic heterocycles. The Labute approximate surface area is 216 Å². The van der Waals surface area contributed by atoms with Crippen LogP contribution in [0.3, 0.4) is 0 Å². The zero-order valence-corrected chi connectivity index (χ0v) is 22.3. The molecule has 0 N–H and O–H groups in total. The first-order valence-electron chi connectivity index (χ1n) is 14.2. The molecule has 3 heteroatoms. The van der Waals surface area contributed by atoms with Gasteiger partial charge in [0.25, 0.3) is 11.1 Å². The fraction of sp³-hybridized carbons (Fsp3) is 0.353. The average molecular weight is 488 g/mol.